The summed E-state index contributed by atoms with van der Waals surface area (Å²) in [5.74, 6) is 0.539. The van der Waals surface area contributed by atoms with Crippen LogP contribution >= 0.6 is 0 Å². The molecule has 0 bridgehead atoms. The Morgan fingerprint density at radius 3 is 2.71 bits per heavy atom. The summed E-state index contributed by atoms with van der Waals surface area (Å²) < 4.78 is 6.46. The molecule has 6 nitrogen and oxygen atoms in total. The zero-order valence-electron chi connectivity index (χ0n) is 13.3. The maximum atomic E-state index is 12.2. The molecule has 0 unspecified atom stereocenters. The number of amides is 1. The Labute approximate surface area is 140 Å². The second kappa shape index (κ2) is 7.41. The molecule has 0 aliphatic rings. The Morgan fingerprint density at radius 2 is 2.00 bits per heavy atom. The lowest BCUT2D eigenvalue weighted by Gasteiger charge is -2.05. The van der Waals surface area contributed by atoms with Gasteiger partial charge in [0.15, 0.2) is 0 Å². The normalized spacial score (nSPS) is 10.4. The van der Waals surface area contributed by atoms with E-state index in [1.165, 1.54) is 16.5 Å². The van der Waals surface area contributed by atoms with Gasteiger partial charge in [-0.1, -0.05) is 30.3 Å². The molecule has 6 heteroatoms. The summed E-state index contributed by atoms with van der Waals surface area (Å²) in [6.07, 6.45) is 5.63. The predicted octanol–water partition coefficient (Wildman–Crippen LogP) is 2.75. The fraction of sp³-hybridized carbons (Fsp3) is 0.167. The molecule has 0 saturated heterocycles. The molecule has 122 valence electrons. The lowest BCUT2D eigenvalue weighted by molar-refractivity contribution is 0.242. The first-order chi connectivity index (χ1) is 11.8. The second-order valence-electron chi connectivity index (χ2n) is 5.22. The van der Waals surface area contributed by atoms with Crippen molar-refractivity contribution in [3.8, 4) is 17.1 Å². The number of rotatable bonds is 5. The number of hydrogen-bond donors (Lipinski definition) is 1. The van der Waals surface area contributed by atoms with E-state index in [0.717, 1.165) is 12.0 Å². The van der Waals surface area contributed by atoms with Gasteiger partial charge in [0.25, 0.3) is 0 Å². The number of imidazole rings is 1. The highest BCUT2D eigenvalue weighted by atomic mass is 16.5. The third-order valence-corrected chi connectivity index (χ3v) is 3.59. The van der Waals surface area contributed by atoms with E-state index in [0.29, 0.717) is 18.1 Å². The van der Waals surface area contributed by atoms with E-state index in [4.69, 9.17) is 4.74 Å². The van der Waals surface area contributed by atoms with Crippen molar-refractivity contribution in [2.75, 3.05) is 13.7 Å². The standard InChI is InChI=1S/C18H18N4O2/c1-24-17-8-7-15(11-20-17)16-12-22(13-21-16)18(23)19-10-9-14-5-3-2-4-6-14/h2-8,11-13H,9-10H2,1H3,(H,19,23). The third kappa shape index (κ3) is 3.78. The molecule has 3 rings (SSSR count). The van der Waals surface area contributed by atoms with Gasteiger partial charge < -0.3 is 10.1 Å². The Hall–Kier alpha value is -3.15. The number of methoxy groups -OCH3 is 1. The lowest BCUT2D eigenvalue weighted by Crippen LogP contribution is -2.29. The van der Waals surface area contributed by atoms with Crippen LogP contribution in [-0.4, -0.2) is 34.2 Å². The van der Waals surface area contributed by atoms with Gasteiger partial charge in [-0.25, -0.2) is 14.8 Å². The minimum Gasteiger partial charge on any atom is -0.481 e. The van der Waals surface area contributed by atoms with E-state index in [1.807, 2.05) is 36.4 Å². The summed E-state index contributed by atoms with van der Waals surface area (Å²) in [6, 6.07) is 13.4. The van der Waals surface area contributed by atoms with Gasteiger partial charge >= 0.3 is 6.03 Å². The number of nitrogens with zero attached hydrogens (tertiary/aromatic N) is 3. The topological polar surface area (TPSA) is 69.0 Å². The smallest absolute Gasteiger partial charge is 0.326 e. The zero-order chi connectivity index (χ0) is 16.8. The summed E-state index contributed by atoms with van der Waals surface area (Å²) >= 11 is 0. The third-order valence-electron chi connectivity index (χ3n) is 3.59. The molecule has 1 N–H and O–H groups in total. The molecular formula is C18H18N4O2. The summed E-state index contributed by atoms with van der Waals surface area (Å²) in [4.78, 5) is 20.5. The van der Waals surface area contributed by atoms with Gasteiger partial charge in [-0.2, -0.15) is 0 Å². The first-order valence-corrected chi connectivity index (χ1v) is 7.63. The van der Waals surface area contributed by atoms with Crippen molar-refractivity contribution in [3.05, 3.63) is 66.7 Å². The van der Waals surface area contributed by atoms with E-state index in [2.05, 4.69) is 15.3 Å². The van der Waals surface area contributed by atoms with E-state index in [-0.39, 0.29) is 6.03 Å². The minimum absolute atomic E-state index is 0.203. The van der Waals surface area contributed by atoms with Crippen molar-refractivity contribution in [1.29, 1.82) is 0 Å². The molecule has 0 aliphatic heterocycles. The van der Waals surface area contributed by atoms with Gasteiger partial charge in [0, 0.05) is 30.6 Å². The van der Waals surface area contributed by atoms with Crippen LogP contribution in [-0.2, 0) is 6.42 Å². The number of nitrogens with one attached hydrogen (secondary N) is 1. The lowest BCUT2D eigenvalue weighted by atomic mass is 10.1. The number of carbonyl (C=O) groups excluding carboxylic acids is 1. The van der Waals surface area contributed by atoms with Crippen LogP contribution in [0, 0.1) is 0 Å². The maximum Gasteiger partial charge on any atom is 0.326 e. The first kappa shape index (κ1) is 15.7. The number of carbonyl (C=O) groups is 1. The average Bonchev–Trinajstić information content (AvgIpc) is 3.13. The van der Waals surface area contributed by atoms with Crippen LogP contribution in [0.15, 0.2) is 61.2 Å². The van der Waals surface area contributed by atoms with Gasteiger partial charge in [0.2, 0.25) is 5.88 Å². The van der Waals surface area contributed by atoms with Crippen LogP contribution in [0.1, 0.15) is 5.56 Å². The highest BCUT2D eigenvalue weighted by Crippen LogP contribution is 2.17. The zero-order valence-corrected chi connectivity index (χ0v) is 13.3. The van der Waals surface area contributed by atoms with Crippen LogP contribution in [0.2, 0.25) is 0 Å². The van der Waals surface area contributed by atoms with Crippen LogP contribution in [0.3, 0.4) is 0 Å². The molecule has 2 heterocycles. The minimum atomic E-state index is -0.203. The Balaban J connectivity index is 1.59. The number of pyridine rings is 1. The van der Waals surface area contributed by atoms with E-state index in [9.17, 15) is 4.79 Å². The molecule has 0 spiro atoms. The van der Waals surface area contributed by atoms with Crippen molar-refractivity contribution < 1.29 is 9.53 Å². The van der Waals surface area contributed by atoms with E-state index >= 15 is 0 Å². The summed E-state index contributed by atoms with van der Waals surface area (Å²) in [7, 11) is 1.57. The van der Waals surface area contributed by atoms with Crippen LogP contribution in [0.4, 0.5) is 4.79 Å². The SMILES string of the molecule is COc1ccc(-c2cn(C(=O)NCCc3ccccc3)cn2)cn1. The molecule has 3 aromatic rings. The number of benzene rings is 1. The molecule has 0 saturated carbocycles. The summed E-state index contributed by atoms with van der Waals surface area (Å²) in [5.41, 5.74) is 2.70. The highest BCUT2D eigenvalue weighted by molar-refractivity contribution is 5.77. The molecule has 1 aromatic carbocycles. The molecule has 1 amide bonds. The molecule has 24 heavy (non-hydrogen) atoms. The van der Waals surface area contributed by atoms with Gasteiger partial charge in [-0.05, 0) is 18.1 Å². The van der Waals surface area contributed by atoms with Crippen molar-refractivity contribution in [2.45, 2.75) is 6.42 Å². The molecule has 2 aromatic heterocycles. The fourth-order valence-electron chi connectivity index (χ4n) is 2.29. The Bertz CT molecular complexity index is 797. The quantitative estimate of drug-likeness (QED) is 0.784. The summed E-state index contributed by atoms with van der Waals surface area (Å²) in [5, 5.41) is 2.88. The van der Waals surface area contributed by atoms with Crippen LogP contribution in [0.5, 0.6) is 5.88 Å². The van der Waals surface area contributed by atoms with Gasteiger partial charge in [0.1, 0.15) is 6.33 Å². The monoisotopic (exact) mass is 322 g/mol. The molecule has 0 fully saturated rings. The van der Waals surface area contributed by atoms with Crippen molar-refractivity contribution in [2.24, 2.45) is 0 Å². The second-order valence-corrected chi connectivity index (χ2v) is 5.22. The fourth-order valence-corrected chi connectivity index (χ4v) is 2.29. The largest absolute Gasteiger partial charge is 0.481 e. The molecule has 0 aliphatic carbocycles. The van der Waals surface area contributed by atoms with Gasteiger partial charge in [-0.3, -0.25) is 4.57 Å². The van der Waals surface area contributed by atoms with Crippen LogP contribution < -0.4 is 10.1 Å². The Kier molecular flexibility index (Phi) is 4.86. The van der Waals surface area contributed by atoms with Gasteiger partial charge in [0.05, 0.1) is 12.8 Å². The van der Waals surface area contributed by atoms with E-state index in [1.54, 1.807) is 25.6 Å². The predicted molar refractivity (Wildman–Crippen MR) is 91.0 cm³/mol. The van der Waals surface area contributed by atoms with Crippen molar-refractivity contribution in [1.82, 2.24) is 19.9 Å². The van der Waals surface area contributed by atoms with E-state index < -0.39 is 0 Å². The molecule has 0 radical (unpaired) electrons. The number of ether oxygens (including phenoxy) is 1. The Morgan fingerprint density at radius 1 is 1.17 bits per heavy atom. The van der Waals surface area contributed by atoms with Crippen LogP contribution in [0.25, 0.3) is 11.3 Å². The average molecular weight is 322 g/mol. The maximum absolute atomic E-state index is 12.2. The number of aromatic nitrogens is 3. The first-order valence-electron chi connectivity index (χ1n) is 7.63. The van der Waals surface area contributed by atoms with Crippen molar-refractivity contribution >= 4 is 6.03 Å². The molecular weight excluding hydrogens is 304 g/mol. The number of hydrogen-bond acceptors (Lipinski definition) is 4. The van der Waals surface area contributed by atoms with Gasteiger partial charge in [-0.15, -0.1) is 0 Å². The highest BCUT2D eigenvalue weighted by Gasteiger charge is 2.08. The van der Waals surface area contributed by atoms with Crippen molar-refractivity contribution in [3.63, 3.8) is 0 Å². The summed E-state index contributed by atoms with van der Waals surface area (Å²) in [6.45, 7) is 0.570. The molecule has 0 atom stereocenters.